The van der Waals surface area contributed by atoms with E-state index in [4.69, 9.17) is 11.6 Å². The molecule has 0 spiro atoms. The van der Waals surface area contributed by atoms with Crippen LogP contribution in [-0.2, 0) is 9.59 Å². The second-order valence-corrected chi connectivity index (χ2v) is 8.24. The van der Waals surface area contributed by atoms with E-state index >= 15 is 0 Å². The third-order valence-electron chi connectivity index (χ3n) is 5.38. The van der Waals surface area contributed by atoms with Crippen molar-refractivity contribution in [3.63, 3.8) is 0 Å². The first kappa shape index (κ1) is 21.9. The average molecular weight is 429 g/mol. The number of carbonyl (C=O) groups excluding carboxylic acids is 2. The van der Waals surface area contributed by atoms with E-state index in [-0.39, 0.29) is 22.6 Å². The Hall–Kier alpha value is -2.83. The summed E-state index contributed by atoms with van der Waals surface area (Å²) in [5.41, 5.74) is 2.44. The van der Waals surface area contributed by atoms with E-state index in [0.717, 1.165) is 11.1 Å². The molecule has 1 amide bonds. The van der Waals surface area contributed by atoms with Crippen molar-refractivity contribution >= 4 is 29.1 Å². The maximum atomic E-state index is 13.0. The summed E-state index contributed by atoms with van der Waals surface area (Å²) in [6, 6.07) is 9.19. The number of rotatable bonds is 5. The van der Waals surface area contributed by atoms with Gasteiger partial charge in [-0.15, -0.1) is 0 Å². The number of likely N-dealkylation sites (N-methyl/N-ethyl adjacent to an activating group) is 1. The molecule has 2 aromatic rings. The standard InChI is InChI=1S/C23H25ClN2O4/c1-13-11-17(18(27)12-14(13)2)21(28)19-20(15-5-7-16(24)8-6-15)26(10-9-25(3)4)23(30)22(19)29/h5-8,11-12,20,27-28H,9-10H2,1-4H3/b21-19+. The van der Waals surface area contributed by atoms with Gasteiger partial charge in [0.1, 0.15) is 11.5 Å². The van der Waals surface area contributed by atoms with Gasteiger partial charge >= 0.3 is 0 Å². The molecule has 0 saturated carbocycles. The molecular weight excluding hydrogens is 404 g/mol. The molecule has 1 unspecified atom stereocenters. The van der Waals surface area contributed by atoms with E-state index in [1.54, 1.807) is 30.3 Å². The molecule has 30 heavy (non-hydrogen) atoms. The fourth-order valence-corrected chi connectivity index (χ4v) is 3.67. The normalized spacial score (nSPS) is 18.5. The lowest BCUT2D eigenvalue weighted by Gasteiger charge is -2.26. The lowest BCUT2D eigenvalue weighted by Crippen LogP contribution is -2.35. The summed E-state index contributed by atoms with van der Waals surface area (Å²) in [6.07, 6.45) is 0. The van der Waals surface area contributed by atoms with Crippen molar-refractivity contribution in [3.8, 4) is 5.75 Å². The number of ketones is 1. The Morgan fingerprint density at radius 1 is 1.10 bits per heavy atom. The number of halogens is 1. The van der Waals surface area contributed by atoms with Gasteiger partial charge in [0.2, 0.25) is 0 Å². The molecule has 6 nitrogen and oxygen atoms in total. The third-order valence-corrected chi connectivity index (χ3v) is 5.63. The van der Waals surface area contributed by atoms with Crippen LogP contribution in [0, 0.1) is 13.8 Å². The summed E-state index contributed by atoms with van der Waals surface area (Å²) in [6.45, 7) is 4.54. The van der Waals surface area contributed by atoms with E-state index in [9.17, 15) is 19.8 Å². The summed E-state index contributed by atoms with van der Waals surface area (Å²) in [4.78, 5) is 29.2. The number of hydrogen-bond acceptors (Lipinski definition) is 5. The van der Waals surface area contributed by atoms with Crippen molar-refractivity contribution in [1.29, 1.82) is 0 Å². The molecule has 1 saturated heterocycles. The number of carbonyl (C=O) groups is 2. The van der Waals surface area contributed by atoms with Gasteiger partial charge < -0.3 is 20.0 Å². The highest BCUT2D eigenvalue weighted by Crippen LogP contribution is 2.41. The van der Waals surface area contributed by atoms with Crippen LogP contribution in [-0.4, -0.2) is 58.9 Å². The minimum Gasteiger partial charge on any atom is -0.507 e. The predicted octanol–water partition coefficient (Wildman–Crippen LogP) is 3.65. The molecule has 0 bridgehead atoms. The van der Waals surface area contributed by atoms with Gasteiger partial charge in [0.25, 0.3) is 11.7 Å². The zero-order valence-electron chi connectivity index (χ0n) is 17.4. The minimum atomic E-state index is -0.775. The Kier molecular flexibility index (Phi) is 6.19. The van der Waals surface area contributed by atoms with Gasteiger partial charge in [-0.2, -0.15) is 0 Å². The van der Waals surface area contributed by atoms with Crippen LogP contribution in [0.1, 0.15) is 28.3 Å². The Bertz CT molecular complexity index is 1030. The van der Waals surface area contributed by atoms with E-state index < -0.39 is 17.7 Å². The molecule has 3 rings (SSSR count). The highest BCUT2D eigenvalue weighted by Gasteiger charge is 2.46. The quantitative estimate of drug-likeness (QED) is 0.431. The molecule has 158 valence electrons. The van der Waals surface area contributed by atoms with Crippen molar-refractivity contribution in [3.05, 3.63) is 69.2 Å². The van der Waals surface area contributed by atoms with Gasteiger partial charge in [-0.25, -0.2) is 0 Å². The molecule has 1 heterocycles. The number of likely N-dealkylation sites (tertiary alicyclic amines) is 1. The summed E-state index contributed by atoms with van der Waals surface area (Å²) in [5, 5.41) is 22.0. The van der Waals surface area contributed by atoms with Gasteiger partial charge in [-0.3, -0.25) is 9.59 Å². The van der Waals surface area contributed by atoms with Gasteiger partial charge in [0.05, 0.1) is 17.2 Å². The van der Waals surface area contributed by atoms with Gasteiger partial charge in [-0.05, 0) is 68.9 Å². The molecular formula is C23H25ClN2O4. The molecule has 0 radical (unpaired) electrons. The van der Waals surface area contributed by atoms with Crippen LogP contribution >= 0.6 is 11.6 Å². The van der Waals surface area contributed by atoms with Crippen molar-refractivity contribution in [2.75, 3.05) is 27.2 Å². The van der Waals surface area contributed by atoms with Crippen molar-refractivity contribution in [2.24, 2.45) is 0 Å². The number of benzene rings is 2. The van der Waals surface area contributed by atoms with Crippen LogP contribution in [0.2, 0.25) is 5.02 Å². The first-order chi connectivity index (χ1) is 14.1. The lowest BCUT2D eigenvalue weighted by atomic mass is 9.94. The van der Waals surface area contributed by atoms with Crippen molar-refractivity contribution in [1.82, 2.24) is 9.80 Å². The third kappa shape index (κ3) is 4.06. The van der Waals surface area contributed by atoms with Crippen LogP contribution in [0.15, 0.2) is 42.0 Å². The van der Waals surface area contributed by atoms with Gasteiger partial charge in [0, 0.05) is 18.1 Å². The average Bonchev–Trinajstić information content (AvgIpc) is 2.94. The number of hydrogen-bond donors (Lipinski definition) is 2. The summed E-state index contributed by atoms with van der Waals surface area (Å²) >= 11 is 6.01. The molecule has 0 aromatic heterocycles. The summed E-state index contributed by atoms with van der Waals surface area (Å²) < 4.78 is 0. The van der Waals surface area contributed by atoms with Crippen LogP contribution in [0.25, 0.3) is 5.76 Å². The maximum Gasteiger partial charge on any atom is 0.295 e. The molecule has 7 heteroatoms. The second kappa shape index (κ2) is 8.50. The minimum absolute atomic E-state index is 0.0420. The Labute approximate surface area is 181 Å². The van der Waals surface area contributed by atoms with E-state index in [1.165, 1.54) is 11.0 Å². The SMILES string of the molecule is Cc1cc(O)c(/C(O)=C2\C(=O)C(=O)N(CCN(C)C)C2c2ccc(Cl)cc2)cc1C. The van der Waals surface area contributed by atoms with Crippen molar-refractivity contribution < 1.29 is 19.8 Å². The molecule has 2 N–H and O–H groups in total. The fraction of sp³-hybridized carbons (Fsp3) is 0.304. The number of phenols is 1. The number of nitrogens with zero attached hydrogens (tertiary/aromatic N) is 2. The highest BCUT2D eigenvalue weighted by atomic mass is 35.5. The van der Waals surface area contributed by atoms with Crippen LogP contribution in [0.3, 0.4) is 0 Å². The monoisotopic (exact) mass is 428 g/mol. The topological polar surface area (TPSA) is 81.1 Å². The highest BCUT2D eigenvalue weighted by molar-refractivity contribution is 6.46. The van der Waals surface area contributed by atoms with Gasteiger partial charge in [0.15, 0.2) is 0 Å². The van der Waals surface area contributed by atoms with Crippen LogP contribution in [0.5, 0.6) is 5.75 Å². The van der Waals surface area contributed by atoms with E-state index in [1.807, 2.05) is 32.8 Å². The van der Waals surface area contributed by atoms with E-state index in [0.29, 0.717) is 23.7 Å². The lowest BCUT2D eigenvalue weighted by molar-refractivity contribution is -0.140. The number of amides is 1. The van der Waals surface area contributed by atoms with Crippen LogP contribution in [0.4, 0.5) is 0 Å². The Morgan fingerprint density at radius 3 is 2.30 bits per heavy atom. The van der Waals surface area contributed by atoms with Crippen LogP contribution < -0.4 is 0 Å². The predicted molar refractivity (Wildman–Crippen MR) is 117 cm³/mol. The molecule has 0 aliphatic carbocycles. The molecule has 1 atom stereocenters. The van der Waals surface area contributed by atoms with Crippen molar-refractivity contribution in [2.45, 2.75) is 19.9 Å². The van der Waals surface area contributed by atoms with E-state index in [2.05, 4.69) is 0 Å². The zero-order valence-corrected chi connectivity index (χ0v) is 18.2. The number of Topliss-reactive ketones (excluding diaryl/α,β-unsaturated/α-hetero) is 1. The summed E-state index contributed by atoms with van der Waals surface area (Å²) in [7, 11) is 3.75. The zero-order chi connectivity index (χ0) is 22.2. The maximum absolute atomic E-state index is 13.0. The number of aromatic hydroxyl groups is 1. The largest absolute Gasteiger partial charge is 0.507 e. The first-order valence-corrected chi connectivity index (χ1v) is 9.98. The fourth-order valence-electron chi connectivity index (χ4n) is 3.55. The molecule has 1 fully saturated rings. The van der Waals surface area contributed by atoms with Gasteiger partial charge in [-0.1, -0.05) is 23.7 Å². The molecule has 1 aliphatic rings. The first-order valence-electron chi connectivity index (χ1n) is 9.61. The smallest absolute Gasteiger partial charge is 0.295 e. The Balaban J connectivity index is 2.20. The molecule has 1 aliphatic heterocycles. The molecule has 2 aromatic carbocycles. The Morgan fingerprint density at radius 2 is 1.70 bits per heavy atom. The number of aliphatic hydroxyl groups is 1. The number of aliphatic hydroxyl groups excluding tert-OH is 1. The summed E-state index contributed by atoms with van der Waals surface area (Å²) in [5.74, 6) is -1.99. The second-order valence-electron chi connectivity index (χ2n) is 7.80. The number of phenolic OH excluding ortho intramolecular Hbond substituents is 1. The number of aryl methyl sites for hydroxylation is 2.